The second kappa shape index (κ2) is 7.23. The summed E-state index contributed by atoms with van der Waals surface area (Å²) in [5.74, 6) is -0.557. The average Bonchev–Trinajstić information content (AvgIpc) is 2.44. The maximum Gasteiger partial charge on any atom is 0.573 e. The van der Waals surface area contributed by atoms with E-state index < -0.39 is 28.3 Å². The molecule has 0 aliphatic carbocycles. The number of ether oxygens (including phenoxy) is 1. The largest absolute Gasteiger partial charge is 0.573 e. The van der Waals surface area contributed by atoms with E-state index >= 15 is 0 Å². The zero-order valence-corrected chi connectivity index (χ0v) is 14.7. The van der Waals surface area contributed by atoms with Crippen LogP contribution in [0.4, 0.5) is 13.2 Å². The second-order valence-corrected chi connectivity index (χ2v) is 7.28. The van der Waals surface area contributed by atoms with Gasteiger partial charge < -0.3 is 4.74 Å². The summed E-state index contributed by atoms with van der Waals surface area (Å²) in [6.45, 7) is 3.18. The van der Waals surface area contributed by atoms with E-state index in [9.17, 15) is 21.6 Å². The summed E-state index contributed by atoms with van der Waals surface area (Å²) in [5, 5.41) is -0.0417. The van der Waals surface area contributed by atoms with Crippen molar-refractivity contribution in [3.8, 4) is 5.75 Å². The first kappa shape index (κ1) is 19.6. The summed E-state index contributed by atoms with van der Waals surface area (Å²) < 4.78 is 70.4. The van der Waals surface area contributed by atoms with Crippen LogP contribution in [-0.4, -0.2) is 14.8 Å². The molecule has 0 aliphatic rings. The molecule has 2 aromatic carbocycles. The smallest absolute Gasteiger partial charge is 0.406 e. The van der Waals surface area contributed by atoms with E-state index in [-0.39, 0.29) is 15.5 Å². The van der Waals surface area contributed by atoms with Gasteiger partial charge in [0.15, 0.2) is 0 Å². The minimum atomic E-state index is -4.89. The Labute approximate surface area is 148 Å². The highest BCUT2D eigenvalue weighted by Gasteiger charge is 2.31. The van der Waals surface area contributed by atoms with Gasteiger partial charge in [0.25, 0.3) is 10.1 Å². The minimum absolute atomic E-state index is 0.0417. The molecule has 9 heteroatoms. The molecule has 0 heterocycles. The molecule has 136 valence electrons. The van der Waals surface area contributed by atoms with Crippen LogP contribution < -0.4 is 4.74 Å². The van der Waals surface area contributed by atoms with Gasteiger partial charge in [0, 0.05) is 5.02 Å². The molecule has 2 rings (SSSR count). The fourth-order valence-electron chi connectivity index (χ4n) is 2.02. The minimum Gasteiger partial charge on any atom is -0.406 e. The lowest BCUT2D eigenvalue weighted by Crippen LogP contribution is -2.17. The summed E-state index contributed by atoms with van der Waals surface area (Å²) in [6, 6.07) is 9.28. The van der Waals surface area contributed by atoms with Crippen molar-refractivity contribution in [2.24, 2.45) is 0 Å². The molecule has 0 radical (unpaired) electrons. The van der Waals surface area contributed by atoms with Crippen molar-refractivity contribution in [1.29, 1.82) is 0 Å². The van der Waals surface area contributed by atoms with Crippen LogP contribution >= 0.6 is 11.6 Å². The number of hydrogen-bond acceptors (Lipinski definition) is 4. The summed E-state index contributed by atoms with van der Waals surface area (Å²) in [6.07, 6.45) is -5.96. The predicted molar refractivity (Wildman–Crippen MR) is 86.0 cm³/mol. The Hall–Kier alpha value is -1.77. The van der Waals surface area contributed by atoms with Gasteiger partial charge in [0.05, 0.1) is 11.0 Å². The summed E-state index contributed by atoms with van der Waals surface area (Å²) in [5.41, 5.74) is 0.998. The first-order valence-corrected chi connectivity index (χ1v) is 8.81. The summed E-state index contributed by atoms with van der Waals surface area (Å²) in [4.78, 5) is -0.0567. The van der Waals surface area contributed by atoms with E-state index in [0.29, 0.717) is 0 Å². The van der Waals surface area contributed by atoms with Crippen molar-refractivity contribution >= 4 is 21.7 Å². The lowest BCUT2D eigenvalue weighted by atomic mass is 10.1. The molecule has 0 fully saturated rings. The monoisotopic (exact) mass is 394 g/mol. The van der Waals surface area contributed by atoms with Crippen molar-refractivity contribution in [3.63, 3.8) is 0 Å². The van der Waals surface area contributed by atoms with Gasteiger partial charge in [-0.25, -0.2) is 0 Å². The van der Waals surface area contributed by atoms with Crippen LogP contribution in [0.15, 0.2) is 47.4 Å². The van der Waals surface area contributed by atoms with Crippen LogP contribution in [0.3, 0.4) is 0 Å². The summed E-state index contributed by atoms with van der Waals surface area (Å²) in [7, 11) is -4.09. The van der Waals surface area contributed by atoms with Gasteiger partial charge in [-0.05, 0) is 49.7 Å². The Kier molecular flexibility index (Phi) is 5.65. The van der Waals surface area contributed by atoms with E-state index in [1.165, 1.54) is 25.1 Å². The maximum atomic E-state index is 12.3. The van der Waals surface area contributed by atoms with Crippen LogP contribution in [0, 0.1) is 6.92 Å². The van der Waals surface area contributed by atoms with Gasteiger partial charge in [-0.15, -0.1) is 13.2 Å². The van der Waals surface area contributed by atoms with Gasteiger partial charge >= 0.3 is 6.36 Å². The van der Waals surface area contributed by atoms with Gasteiger partial charge in [0.1, 0.15) is 5.75 Å². The quantitative estimate of drug-likeness (QED) is 0.669. The fourth-order valence-corrected chi connectivity index (χ4v) is 3.32. The van der Waals surface area contributed by atoms with Crippen molar-refractivity contribution in [3.05, 3.63) is 58.6 Å². The molecule has 0 saturated carbocycles. The number of alkyl halides is 3. The molecule has 0 unspecified atom stereocenters. The third kappa shape index (κ3) is 5.62. The van der Waals surface area contributed by atoms with Gasteiger partial charge in [-0.3, -0.25) is 4.18 Å². The van der Waals surface area contributed by atoms with Crippen LogP contribution in [0.1, 0.15) is 24.2 Å². The maximum absolute atomic E-state index is 12.3. The molecule has 0 N–H and O–H groups in total. The van der Waals surface area contributed by atoms with E-state index in [1.54, 1.807) is 19.1 Å². The number of benzene rings is 2. The molecule has 0 spiro atoms. The zero-order valence-electron chi connectivity index (χ0n) is 13.2. The highest BCUT2D eigenvalue weighted by molar-refractivity contribution is 7.86. The third-order valence-corrected chi connectivity index (χ3v) is 4.79. The Balaban J connectivity index is 2.25. The molecule has 0 aliphatic heterocycles. The van der Waals surface area contributed by atoms with Crippen molar-refractivity contribution in [2.75, 3.05) is 0 Å². The molecule has 0 amide bonds. The molecular formula is C16H14ClF3O4S. The Morgan fingerprint density at radius 3 is 2.24 bits per heavy atom. The second-order valence-electron chi connectivity index (χ2n) is 5.27. The van der Waals surface area contributed by atoms with Crippen molar-refractivity contribution in [1.82, 2.24) is 0 Å². The molecule has 2 aromatic rings. The Bertz CT molecular complexity index is 849. The van der Waals surface area contributed by atoms with Crippen LogP contribution in [0.2, 0.25) is 5.02 Å². The van der Waals surface area contributed by atoms with Gasteiger partial charge in [-0.1, -0.05) is 29.3 Å². The number of rotatable bonds is 5. The SMILES string of the molecule is Cc1ccc(S(=O)(=O)O[C@@H](C)c2cc(Cl)cc(OC(F)(F)F)c2)cc1. The molecular weight excluding hydrogens is 381 g/mol. The Morgan fingerprint density at radius 2 is 1.68 bits per heavy atom. The van der Waals surface area contributed by atoms with Crippen LogP contribution in [0.25, 0.3) is 0 Å². The van der Waals surface area contributed by atoms with Gasteiger partial charge in [-0.2, -0.15) is 8.42 Å². The number of hydrogen-bond donors (Lipinski definition) is 0. The topological polar surface area (TPSA) is 52.6 Å². The molecule has 0 saturated heterocycles. The standard InChI is InChI=1S/C16H14ClF3O4S/c1-10-3-5-15(6-4-10)25(21,22)24-11(2)12-7-13(17)9-14(8-12)23-16(18,19)20/h3-9,11H,1-2H3/t11-/m0/s1. The van der Waals surface area contributed by atoms with Gasteiger partial charge in [0.2, 0.25) is 0 Å². The fraction of sp³-hybridized carbons (Fsp3) is 0.250. The Morgan fingerprint density at radius 1 is 1.08 bits per heavy atom. The molecule has 25 heavy (non-hydrogen) atoms. The molecule has 0 bridgehead atoms. The molecule has 1 atom stereocenters. The van der Waals surface area contributed by atoms with E-state index in [2.05, 4.69) is 4.74 Å². The predicted octanol–water partition coefficient (Wildman–Crippen LogP) is 5.01. The molecule has 0 aromatic heterocycles. The summed E-state index contributed by atoms with van der Waals surface area (Å²) >= 11 is 5.78. The third-order valence-electron chi connectivity index (χ3n) is 3.18. The highest BCUT2D eigenvalue weighted by Crippen LogP contribution is 2.31. The van der Waals surface area contributed by atoms with Crippen LogP contribution in [0.5, 0.6) is 5.75 Å². The molecule has 4 nitrogen and oxygen atoms in total. The first-order valence-electron chi connectivity index (χ1n) is 7.02. The van der Waals surface area contributed by atoms with E-state index in [1.807, 2.05) is 0 Å². The van der Waals surface area contributed by atoms with Crippen molar-refractivity contribution in [2.45, 2.75) is 31.2 Å². The number of halogens is 4. The highest BCUT2D eigenvalue weighted by atomic mass is 35.5. The lowest BCUT2D eigenvalue weighted by Gasteiger charge is -2.16. The van der Waals surface area contributed by atoms with Crippen molar-refractivity contribution < 1.29 is 30.5 Å². The average molecular weight is 395 g/mol. The van der Waals surface area contributed by atoms with E-state index in [4.69, 9.17) is 15.8 Å². The number of aryl methyl sites for hydroxylation is 1. The van der Waals surface area contributed by atoms with E-state index in [0.717, 1.165) is 17.7 Å². The zero-order chi connectivity index (χ0) is 18.8. The first-order chi connectivity index (χ1) is 11.5. The normalized spacial score (nSPS) is 13.5. The van der Waals surface area contributed by atoms with Crippen LogP contribution in [-0.2, 0) is 14.3 Å². The lowest BCUT2D eigenvalue weighted by molar-refractivity contribution is -0.274.